The molecule has 4 aromatic heterocycles. The van der Waals surface area contributed by atoms with Crippen molar-refractivity contribution in [2.24, 2.45) is 14.1 Å². The number of hydrogen-bond acceptors (Lipinski definition) is 7. The molecule has 0 saturated carbocycles. The molecule has 0 aliphatic carbocycles. The van der Waals surface area contributed by atoms with E-state index in [4.69, 9.17) is 16.3 Å². The molecule has 1 aromatic carbocycles. The fourth-order valence-electron chi connectivity index (χ4n) is 4.35. The highest BCUT2D eigenvalue weighted by atomic mass is 35.5. The average Bonchev–Trinajstić information content (AvgIpc) is 3.41. The van der Waals surface area contributed by atoms with Gasteiger partial charge in [0.2, 0.25) is 0 Å². The molecular weight excluding hydrogens is 523 g/mol. The highest BCUT2D eigenvalue weighted by Crippen LogP contribution is 2.39. The summed E-state index contributed by atoms with van der Waals surface area (Å²) < 4.78 is 24.4. The molecule has 0 radical (unpaired) electrons. The second-order valence-electron chi connectivity index (χ2n) is 8.20. The fraction of sp³-hybridized carbons (Fsp3) is 0.208. The normalized spacial score (nSPS) is 11.4. The van der Waals surface area contributed by atoms with Crippen LogP contribution in [-0.2, 0) is 20.6 Å². The van der Waals surface area contributed by atoms with Crippen molar-refractivity contribution in [2.45, 2.75) is 13.0 Å². The predicted octanol–water partition coefficient (Wildman–Crippen LogP) is 3.18. The third-order valence-corrected chi connectivity index (χ3v) is 7.63. The van der Waals surface area contributed by atoms with E-state index in [2.05, 4.69) is 4.98 Å². The van der Waals surface area contributed by atoms with Crippen LogP contribution < -0.4 is 21.7 Å². The standard InChI is InChI=1S/C24H18ClFN6O4S/c1-29-16-10-28-11-17(20(16)30(2)23(29)34)32-22(33)21-15(31(24(32)35)6-4-5-27)9-19(37-21)12-7-18(36-3)14(26)8-13(12)25/h7-11H,4,6H2,1-3H3. The minimum Gasteiger partial charge on any atom is -0.494 e. The zero-order valence-corrected chi connectivity index (χ0v) is 21.4. The van der Waals surface area contributed by atoms with Crippen molar-refractivity contribution >= 4 is 44.2 Å². The van der Waals surface area contributed by atoms with Gasteiger partial charge in [-0.25, -0.2) is 18.5 Å². The van der Waals surface area contributed by atoms with Gasteiger partial charge in [0.05, 0.1) is 59.3 Å². The van der Waals surface area contributed by atoms with E-state index in [1.54, 1.807) is 20.2 Å². The van der Waals surface area contributed by atoms with E-state index in [1.165, 1.54) is 39.3 Å². The topological polar surface area (TPSA) is 117 Å². The highest BCUT2D eigenvalue weighted by molar-refractivity contribution is 7.22. The molecule has 0 spiro atoms. The Kier molecular flexibility index (Phi) is 5.97. The first-order valence-electron chi connectivity index (χ1n) is 10.9. The van der Waals surface area contributed by atoms with Gasteiger partial charge in [-0.1, -0.05) is 11.6 Å². The van der Waals surface area contributed by atoms with Crippen LogP contribution >= 0.6 is 22.9 Å². The van der Waals surface area contributed by atoms with Gasteiger partial charge in [-0.05, 0) is 18.2 Å². The number of thiophene rings is 1. The Morgan fingerprint density at radius 2 is 1.86 bits per heavy atom. The summed E-state index contributed by atoms with van der Waals surface area (Å²) in [6.45, 7) is 0.0138. The molecule has 13 heteroatoms. The van der Waals surface area contributed by atoms with Gasteiger partial charge in [0.25, 0.3) is 5.56 Å². The van der Waals surface area contributed by atoms with Crippen molar-refractivity contribution in [3.05, 3.63) is 72.8 Å². The quantitative estimate of drug-likeness (QED) is 0.338. The molecule has 188 valence electrons. The van der Waals surface area contributed by atoms with Crippen LogP contribution in [0, 0.1) is 17.1 Å². The number of rotatable bonds is 5. The van der Waals surface area contributed by atoms with E-state index in [0.717, 1.165) is 22.0 Å². The molecule has 37 heavy (non-hydrogen) atoms. The van der Waals surface area contributed by atoms with Crippen molar-refractivity contribution < 1.29 is 9.13 Å². The Labute approximate surface area is 216 Å². The first-order valence-corrected chi connectivity index (χ1v) is 12.1. The van der Waals surface area contributed by atoms with Gasteiger partial charge in [-0.2, -0.15) is 5.26 Å². The summed E-state index contributed by atoms with van der Waals surface area (Å²) in [5.74, 6) is -0.668. The smallest absolute Gasteiger partial charge is 0.336 e. The SMILES string of the molecule is COc1cc(-c2cc3c(s2)c(=O)n(-c2cncc4c2n(C)c(=O)n4C)c(=O)n3CCC#N)c(Cl)cc1F. The maximum absolute atomic E-state index is 14.1. The molecule has 0 amide bonds. The largest absolute Gasteiger partial charge is 0.494 e. The van der Waals surface area contributed by atoms with Gasteiger partial charge in [0, 0.05) is 31.1 Å². The lowest BCUT2D eigenvalue weighted by molar-refractivity contribution is 0.387. The van der Waals surface area contributed by atoms with Crippen molar-refractivity contribution in [1.29, 1.82) is 5.26 Å². The Morgan fingerprint density at radius 3 is 2.57 bits per heavy atom. The lowest BCUT2D eigenvalue weighted by atomic mass is 10.1. The van der Waals surface area contributed by atoms with E-state index < -0.39 is 17.1 Å². The Balaban J connectivity index is 1.88. The van der Waals surface area contributed by atoms with Crippen molar-refractivity contribution in [1.82, 2.24) is 23.3 Å². The van der Waals surface area contributed by atoms with Crippen LogP contribution in [0.1, 0.15) is 6.42 Å². The molecule has 5 aromatic rings. The van der Waals surface area contributed by atoms with E-state index in [1.807, 2.05) is 6.07 Å². The molecule has 0 fully saturated rings. The van der Waals surface area contributed by atoms with Crippen LogP contribution in [0.3, 0.4) is 0 Å². The summed E-state index contributed by atoms with van der Waals surface area (Å²) in [6, 6.07) is 6.16. The van der Waals surface area contributed by atoms with E-state index in [9.17, 15) is 24.0 Å². The number of methoxy groups -OCH3 is 1. The fourth-order valence-corrected chi connectivity index (χ4v) is 5.78. The first kappa shape index (κ1) is 24.5. The maximum Gasteiger partial charge on any atom is 0.336 e. The number of aryl methyl sites for hydroxylation is 3. The lowest BCUT2D eigenvalue weighted by Crippen LogP contribution is -2.38. The molecule has 0 bridgehead atoms. The number of pyridine rings is 1. The number of ether oxygens (including phenoxy) is 1. The predicted molar refractivity (Wildman–Crippen MR) is 138 cm³/mol. The maximum atomic E-state index is 14.1. The van der Waals surface area contributed by atoms with Gasteiger partial charge in [-0.15, -0.1) is 11.3 Å². The lowest BCUT2D eigenvalue weighted by Gasteiger charge is -2.12. The second kappa shape index (κ2) is 9.02. The third-order valence-electron chi connectivity index (χ3n) is 6.17. The van der Waals surface area contributed by atoms with Gasteiger partial charge < -0.3 is 4.74 Å². The molecule has 5 rings (SSSR count). The van der Waals surface area contributed by atoms with Crippen LogP contribution in [-0.4, -0.2) is 30.4 Å². The molecule has 0 saturated heterocycles. The van der Waals surface area contributed by atoms with Crippen LogP contribution in [0.4, 0.5) is 4.39 Å². The molecule has 0 atom stereocenters. The molecule has 0 aliphatic rings. The number of nitrogens with zero attached hydrogens (tertiary/aromatic N) is 6. The van der Waals surface area contributed by atoms with Crippen molar-refractivity contribution in [3.63, 3.8) is 0 Å². The Morgan fingerprint density at radius 1 is 1.11 bits per heavy atom. The molecular formula is C24H18ClFN6O4S. The summed E-state index contributed by atoms with van der Waals surface area (Å²) in [5.41, 5.74) is 0.000465. The number of halogens is 2. The van der Waals surface area contributed by atoms with Gasteiger partial charge >= 0.3 is 11.4 Å². The number of imidazole rings is 1. The van der Waals surface area contributed by atoms with Gasteiger partial charge in [-0.3, -0.25) is 23.5 Å². The summed E-state index contributed by atoms with van der Waals surface area (Å²) >= 11 is 7.38. The number of hydrogen-bond donors (Lipinski definition) is 0. The summed E-state index contributed by atoms with van der Waals surface area (Å²) in [5, 5.41) is 9.30. The number of fused-ring (bicyclic) bond motifs is 2. The molecule has 0 aliphatic heterocycles. The highest BCUT2D eigenvalue weighted by Gasteiger charge is 2.23. The van der Waals surface area contributed by atoms with E-state index >= 15 is 0 Å². The molecule has 0 N–H and O–H groups in total. The first-order chi connectivity index (χ1) is 17.7. The van der Waals surface area contributed by atoms with Crippen molar-refractivity contribution in [3.8, 4) is 27.9 Å². The van der Waals surface area contributed by atoms with Crippen LogP contribution in [0.2, 0.25) is 5.02 Å². The zero-order chi connectivity index (χ0) is 26.6. The molecule has 10 nitrogen and oxygen atoms in total. The van der Waals surface area contributed by atoms with E-state index in [0.29, 0.717) is 27.0 Å². The average molecular weight is 541 g/mol. The Bertz CT molecular complexity index is 1960. The number of benzene rings is 1. The van der Waals surface area contributed by atoms with Crippen LogP contribution in [0.25, 0.3) is 37.4 Å². The molecule has 4 heterocycles. The minimum absolute atomic E-state index is 0.00971. The Hall–Kier alpha value is -4.21. The number of aromatic nitrogens is 5. The summed E-state index contributed by atoms with van der Waals surface area (Å²) in [7, 11) is 4.43. The van der Waals surface area contributed by atoms with Gasteiger partial charge in [0.15, 0.2) is 11.6 Å². The van der Waals surface area contributed by atoms with E-state index in [-0.39, 0.29) is 39.8 Å². The summed E-state index contributed by atoms with van der Waals surface area (Å²) in [6.07, 6.45) is 2.84. The second-order valence-corrected chi connectivity index (χ2v) is 9.66. The monoisotopic (exact) mass is 540 g/mol. The number of nitriles is 1. The molecule has 0 unspecified atom stereocenters. The third kappa shape index (κ3) is 3.66. The van der Waals surface area contributed by atoms with Crippen molar-refractivity contribution in [2.75, 3.05) is 7.11 Å². The summed E-state index contributed by atoms with van der Waals surface area (Å²) in [4.78, 5) is 44.7. The van der Waals surface area contributed by atoms with Crippen LogP contribution in [0.5, 0.6) is 5.75 Å². The van der Waals surface area contributed by atoms with Crippen LogP contribution in [0.15, 0.2) is 45.0 Å². The minimum atomic E-state index is -0.689. The van der Waals surface area contributed by atoms with Gasteiger partial charge in [0.1, 0.15) is 4.70 Å². The zero-order valence-electron chi connectivity index (χ0n) is 19.8.